The molecule has 0 aromatic heterocycles. The van der Waals surface area contributed by atoms with Gasteiger partial charge < -0.3 is 9.64 Å². The lowest BCUT2D eigenvalue weighted by Crippen LogP contribution is -2.28. The molecule has 2 nitrogen and oxygen atoms in total. The van der Waals surface area contributed by atoms with Crippen LogP contribution < -0.4 is 4.74 Å². The van der Waals surface area contributed by atoms with Gasteiger partial charge in [0.2, 0.25) is 0 Å². The molecule has 0 saturated carbocycles. The summed E-state index contributed by atoms with van der Waals surface area (Å²) in [5.74, 6) is 0.927. The molecule has 2 heteroatoms. The van der Waals surface area contributed by atoms with Crippen LogP contribution in [0.15, 0.2) is 30.3 Å². The number of benzene rings is 1. The molecule has 0 heterocycles. The van der Waals surface area contributed by atoms with Crippen LogP contribution in [-0.2, 0) is 0 Å². The second-order valence-electron chi connectivity index (χ2n) is 4.85. The molecule has 2 rings (SSSR count). The molecule has 0 aliphatic heterocycles. The molecule has 1 aliphatic carbocycles. The summed E-state index contributed by atoms with van der Waals surface area (Å²) in [5, 5.41) is 0. The van der Waals surface area contributed by atoms with Crippen molar-refractivity contribution in [3.63, 3.8) is 0 Å². The first-order chi connectivity index (χ1) is 8.20. The van der Waals surface area contributed by atoms with Crippen LogP contribution in [0.25, 0.3) is 5.57 Å². The highest BCUT2D eigenvalue weighted by atomic mass is 16.5. The number of hydrogen-bond donors (Lipinski definition) is 0. The van der Waals surface area contributed by atoms with E-state index in [0.29, 0.717) is 6.04 Å². The van der Waals surface area contributed by atoms with Gasteiger partial charge in [0.05, 0.1) is 7.11 Å². The number of allylic oxidation sites excluding steroid dienone is 1. The second kappa shape index (κ2) is 5.37. The van der Waals surface area contributed by atoms with Crippen LogP contribution >= 0.6 is 0 Å². The molecule has 1 aliphatic rings. The summed E-state index contributed by atoms with van der Waals surface area (Å²) in [7, 11) is 6.03. The summed E-state index contributed by atoms with van der Waals surface area (Å²) in [6, 6.07) is 9.08. The van der Waals surface area contributed by atoms with E-state index in [4.69, 9.17) is 4.74 Å². The molecule has 0 spiro atoms. The van der Waals surface area contributed by atoms with Gasteiger partial charge in [-0.2, -0.15) is 0 Å². The minimum Gasteiger partial charge on any atom is -0.497 e. The van der Waals surface area contributed by atoms with Crippen molar-refractivity contribution in [2.24, 2.45) is 0 Å². The molecule has 1 aromatic carbocycles. The van der Waals surface area contributed by atoms with Gasteiger partial charge in [-0.25, -0.2) is 0 Å². The van der Waals surface area contributed by atoms with Crippen molar-refractivity contribution in [2.45, 2.75) is 25.3 Å². The highest BCUT2D eigenvalue weighted by Crippen LogP contribution is 2.29. The topological polar surface area (TPSA) is 12.5 Å². The molecule has 0 fully saturated rings. The highest BCUT2D eigenvalue weighted by molar-refractivity contribution is 5.66. The van der Waals surface area contributed by atoms with Crippen LogP contribution in [0.1, 0.15) is 24.8 Å². The third-order valence-electron chi connectivity index (χ3n) is 3.57. The van der Waals surface area contributed by atoms with Gasteiger partial charge in [0.1, 0.15) is 5.75 Å². The van der Waals surface area contributed by atoms with Gasteiger partial charge >= 0.3 is 0 Å². The molecule has 0 saturated heterocycles. The van der Waals surface area contributed by atoms with E-state index in [0.717, 1.165) is 12.2 Å². The van der Waals surface area contributed by atoms with Gasteiger partial charge in [0, 0.05) is 6.04 Å². The zero-order valence-electron chi connectivity index (χ0n) is 10.9. The number of nitrogens with zero attached hydrogens (tertiary/aromatic N) is 1. The fraction of sp³-hybridized carbons (Fsp3) is 0.467. The molecule has 0 amide bonds. The van der Waals surface area contributed by atoms with Crippen molar-refractivity contribution in [1.29, 1.82) is 0 Å². The van der Waals surface area contributed by atoms with Crippen LogP contribution in [-0.4, -0.2) is 32.1 Å². The molecule has 17 heavy (non-hydrogen) atoms. The number of methoxy groups -OCH3 is 1. The Hall–Kier alpha value is -1.28. The van der Waals surface area contributed by atoms with Crippen LogP contribution in [0.2, 0.25) is 0 Å². The van der Waals surface area contributed by atoms with E-state index >= 15 is 0 Å². The zero-order valence-corrected chi connectivity index (χ0v) is 10.9. The summed E-state index contributed by atoms with van der Waals surface area (Å²) < 4.78 is 5.18. The Morgan fingerprint density at radius 2 is 1.88 bits per heavy atom. The monoisotopic (exact) mass is 231 g/mol. The lowest BCUT2D eigenvalue weighted by atomic mass is 9.90. The number of rotatable bonds is 3. The van der Waals surface area contributed by atoms with Crippen molar-refractivity contribution >= 4 is 5.57 Å². The SMILES string of the molecule is COc1ccc(C2=CCC(N(C)C)CC2)cc1. The van der Waals surface area contributed by atoms with E-state index in [1.807, 2.05) is 12.1 Å². The Balaban J connectivity index is 2.08. The van der Waals surface area contributed by atoms with Gasteiger partial charge in [-0.3, -0.25) is 0 Å². The van der Waals surface area contributed by atoms with Crippen molar-refractivity contribution in [1.82, 2.24) is 4.90 Å². The van der Waals surface area contributed by atoms with Gasteiger partial charge in [-0.05, 0) is 56.6 Å². The van der Waals surface area contributed by atoms with Crippen molar-refractivity contribution < 1.29 is 4.74 Å². The minimum atomic E-state index is 0.706. The Morgan fingerprint density at radius 1 is 1.18 bits per heavy atom. The fourth-order valence-electron chi connectivity index (χ4n) is 2.36. The first kappa shape index (κ1) is 12.2. The van der Waals surface area contributed by atoms with Crippen LogP contribution in [0.4, 0.5) is 0 Å². The zero-order chi connectivity index (χ0) is 12.3. The van der Waals surface area contributed by atoms with Crippen LogP contribution in [0, 0.1) is 0 Å². The van der Waals surface area contributed by atoms with Crippen molar-refractivity contribution in [3.8, 4) is 5.75 Å². The Labute approximate surface area is 104 Å². The third-order valence-corrected chi connectivity index (χ3v) is 3.57. The predicted molar refractivity (Wildman–Crippen MR) is 72.3 cm³/mol. The van der Waals surface area contributed by atoms with E-state index in [-0.39, 0.29) is 0 Å². The average Bonchev–Trinajstić information content (AvgIpc) is 2.39. The van der Waals surface area contributed by atoms with E-state index in [9.17, 15) is 0 Å². The second-order valence-corrected chi connectivity index (χ2v) is 4.85. The first-order valence-corrected chi connectivity index (χ1v) is 6.20. The minimum absolute atomic E-state index is 0.706. The van der Waals surface area contributed by atoms with Crippen molar-refractivity contribution in [2.75, 3.05) is 21.2 Å². The highest BCUT2D eigenvalue weighted by Gasteiger charge is 2.16. The Bertz CT molecular complexity index is 392. The molecule has 0 radical (unpaired) electrons. The summed E-state index contributed by atoms with van der Waals surface area (Å²) in [4.78, 5) is 2.32. The van der Waals surface area contributed by atoms with E-state index in [1.165, 1.54) is 24.0 Å². The number of ether oxygens (including phenoxy) is 1. The Morgan fingerprint density at radius 3 is 2.35 bits per heavy atom. The molecule has 0 N–H and O–H groups in total. The lowest BCUT2D eigenvalue weighted by molar-refractivity contribution is 0.277. The van der Waals surface area contributed by atoms with Crippen molar-refractivity contribution in [3.05, 3.63) is 35.9 Å². The summed E-state index contributed by atoms with van der Waals surface area (Å²) in [6.45, 7) is 0. The Kier molecular flexibility index (Phi) is 3.85. The average molecular weight is 231 g/mol. The summed E-state index contributed by atoms with van der Waals surface area (Å²) in [5.41, 5.74) is 2.81. The van der Waals surface area contributed by atoms with Gasteiger partial charge in [0.15, 0.2) is 0 Å². The predicted octanol–water partition coefficient (Wildman–Crippen LogP) is 3.19. The maximum Gasteiger partial charge on any atom is 0.118 e. The molecular weight excluding hydrogens is 210 g/mol. The molecule has 1 unspecified atom stereocenters. The smallest absolute Gasteiger partial charge is 0.118 e. The molecule has 92 valence electrons. The van der Waals surface area contributed by atoms with Crippen LogP contribution in [0.5, 0.6) is 5.75 Å². The summed E-state index contributed by atoms with van der Waals surface area (Å²) >= 11 is 0. The first-order valence-electron chi connectivity index (χ1n) is 6.20. The quantitative estimate of drug-likeness (QED) is 0.792. The maximum absolute atomic E-state index is 5.18. The van der Waals surface area contributed by atoms with E-state index in [2.05, 4.69) is 37.2 Å². The van der Waals surface area contributed by atoms with E-state index in [1.54, 1.807) is 7.11 Å². The third kappa shape index (κ3) is 2.89. The maximum atomic E-state index is 5.18. The normalized spacial score (nSPS) is 20.2. The number of hydrogen-bond acceptors (Lipinski definition) is 2. The summed E-state index contributed by atoms with van der Waals surface area (Å²) in [6.07, 6.45) is 5.98. The molecular formula is C15H21NO. The fourth-order valence-corrected chi connectivity index (χ4v) is 2.36. The molecule has 0 bridgehead atoms. The van der Waals surface area contributed by atoms with Gasteiger partial charge in [0.25, 0.3) is 0 Å². The standard InChI is InChI=1S/C15H21NO/c1-16(2)14-8-4-12(5-9-14)13-6-10-15(17-3)11-7-13/h4,6-7,10-11,14H,5,8-9H2,1-3H3. The lowest BCUT2D eigenvalue weighted by Gasteiger charge is -2.27. The molecule has 1 atom stereocenters. The molecule has 1 aromatic rings. The van der Waals surface area contributed by atoms with Crippen LogP contribution in [0.3, 0.4) is 0 Å². The van der Waals surface area contributed by atoms with E-state index < -0.39 is 0 Å². The van der Waals surface area contributed by atoms with Gasteiger partial charge in [-0.1, -0.05) is 18.2 Å². The largest absolute Gasteiger partial charge is 0.497 e. The van der Waals surface area contributed by atoms with Gasteiger partial charge in [-0.15, -0.1) is 0 Å².